The van der Waals surface area contributed by atoms with Crippen LogP contribution in [0.3, 0.4) is 0 Å². The second-order valence-corrected chi connectivity index (χ2v) is 9.99. The molecule has 2 N–H and O–H groups in total. The summed E-state index contributed by atoms with van der Waals surface area (Å²) >= 11 is 0. The van der Waals surface area contributed by atoms with E-state index >= 15 is 0 Å². The van der Waals surface area contributed by atoms with Gasteiger partial charge in [0, 0.05) is 62.7 Å². The number of aromatic amines is 1. The van der Waals surface area contributed by atoms with Crippen molar-refractivity contribution in [1.82, 2.24) is 25.1 Å². The number of carbonyl (C=O) groups excluding carboxylic acids is 1. The summed E-state index contributed by atoms with van der Waals surface area (Å²) in [6, 6.07) is 7.42. The summed E-state index contributed by atoms with van der Waals surface area (Å²) in [5.74, 6) is 0. The molecule has 0 spiro atoms. The van der Waals surface area contributed by atoms with E-state index in [1.54, 1.807) is 7.11 Å². The number of carbonyl (C=O) groups is 1. The fourth-order valence-electron chi connectivity index (χ4n) is 5.88. The number of rotatable bonds is 3. The Balaban J connectivity index is 1.34. The van der Waals surface area contributed by atoms with E-state index < -0.39 is 0 Å². The summed E-state index contributed by atoms with van der Waals surface area (Å²) in [7, 11) is 1.73. The first-order chi connectivity index (χ1) is 16.6. The van der Waals surface area contributed by atoms with Crippen molar-refractivity contribution in [2.24, 2.45) is 0 Å². The third-order valence-corrected chi connectivity index (χ3v) is 7.90. The number of nitrogens with one attached hydrogen (secondary N) is 2. The number of hydrogen-bond acceptors (Lipinski definition) is 4. The van der Waals surface area contributed by atoms with Gasteiger partial charge in [-0.1, -0.05) is 6.07 Å². The average Bonchev–Trinajstić information content (AvgIpc) is 3.64. The van der Waals surface area contributed by atoms with E-state index in [0.717, 1.165) is 50.1 Å². The molecule has 0 bridgehead atoms. The van der Waals surface area contributed by atoms with Crippen LogP contribution < -0.4 is 5.32 Å². The van der Waals surface area contributed by atoms with Crippen molar-refractivity contribution in [3.8, 4) is 11.1 Å². The van der Waals surface area contributed by atoms with Crippen molar-refractivity contribution in [3.63, 3.8) is 0 Å². The van der Waals surface area contributed by atoms with Gasteiger partial charge in [-0.25, -0.2) is 9.78 Å². The normalized spacial score (nSPS) is 22.5. The molecule has 3 aliphatic rings. The minimum Gasteiger partial charge on any atom is -0.380 e. The van der Waals surface area contributed by atoms with Crippen LogP contribution in [-0.4, -0.2) is 65.2 Å². The van der Waals surface area contributed by atoms with Crippen LogP contribution in [0.15, 0.2) is 30.6 Å². The van der Waals surface area contributed by atoms with E-state index in [0.29, 0.717) is 19.1 Å². The number of urea groups is 1. The minimum absolute atomic E-state index is 0.150. The van der Waals surface area contributed by atoms with Crippen molar-refractivity contribution in [3.05, 3.63) is 52.8 Å². The van der Waals surface area contributed by atoms with Crippen molar-refractivity contribution in [2.45, 2.75) is 51.3 Å². The molecule has 0 aliphatic carbocycles. The second kappa shape index (κ2) is 8.71. The highest BCUT2D eigenvalue weighted by Gasteiger charge is 2.33. The van der Waals surface area contributed by atoms with Crippen LogP contribution >= 0.6 is 0 Å². The summed E-state index contributed by atoms with van der Waals surface area (Å²) in [6.07, 6.45) is 8.29. The van der Waals surface area contributed by atoms with Gasteiger partial charge in [0.1, 0.15) is 5.65 Å². The number of likely N-dealkylation sites (tertiary alicyclic amines) is 1. The van der Waals surface area contributed by atoms with Gasteiger partial charge >= 0.3 is 6.03 Å². The number of methoxy groups -OCH3 is 1. The summed E-state index contributed by atoms with van der Waals surface area (Å²) in [6.45, 7) is 6.09. The number of amides is 2. The highest BCUT2D eigenvalue weighted by Crippen LogP contribution is 2.36. The molecule has 0 radical (unpaired) electrons. The molecule has 178 valence electrons. The zero-order valence-electron chi connectivity index (χ0n) is 20.1. The number of ether oxygens (including phenoxy) is 1. The fraction of sp³-hybridized carbons (Fsp3) is 0.481. The zero-order valence-corrected chi connectivity index (χ0v) is 20.1. The van der Waals surface area contributed by atoms with Crippen LogP contribution in [0.2, 0.25) is 0 Å². The quantitative estimate of drug-likeness (QED) is 0.617. The number of nitrogens with zero attached hydrogens (tertiary/aromatic N) is 3. The fourth-order valence-corrected chi connectivity index (χ4v) is 5.88. The molecular formula is C27H33N5O2. The lowest BCUT2D eigenvalue weighted by Gasteiger charge is -2.34. The third kappa shape index (κ3) is 3.77. The SMILES string of the molecule is CO[C@H]1CCN(C(=O)N2CCc3cc(-c4cnc5[nH]cc(C)c5c4)cc([C@@H]4CCCN4)c3C2)C1. The first-order valence-corrected chi connectivity index (χ1v) is 12.5. The molecule has 2 saturated heterocycles. The maximum Gasteiger partial charge on any atom is 0.320 e. The number of hydrogen-bond donors (Lipinski definition) is 2. The molecule has 3 aliphatic heterocycles. The summed E-state index contributed by atoms with van der Waals surface area (Å²) in [5.41, 5.74) is 8.57. The predicted molar refractivity (Wildman–Crippen MR) is 133 cm³/mol. The van der Waals surface area contributed by atoms with Crippen LogP contribution in [-0.2, 0) is 17.7 Å². The number of benzene rings is 1. The Hall–Kier alpha value is -2.90. The van der Waals surface area contributed by atoms with E-state index in [-0.39, 0.29) is 12.1 Å². The number of aryl methyl sites for hydroxylation is 1. The second-order valence-electron chi connectivity index (χ2n) is 9.99. The molecule has 6 rings (SSSR count). The van der Waals surface area contributed by atoms with E-state index in [1.165, 1.54) is 39.6 Å². The van der Waals surface area contributed by atoms with Crippen molar-refractivity contribution in [1.29, 1.82) is 0 Å². The van der Waals surface area contributed by atoms with E-state index in [9.17, 15) is 4.79 Å². The van der Waals surface area contributed by atoms with Gasteiger partial charge in [-0.15, -0.1) is 0 Å². The molecule has 3 aromatic rings. The molecule has 7 nitrogen and oxygen atoms in total. The van der Waals surface area contributed by atoms with Gasteiger partial charge < -0.3 is 24.8 Å². The molecule has 34 heavy (non-hydrogen) atoms. The Bertz CT molecular complexity index is 1230. The number of fused-ring (bicyclic) bond motifs is 2. The Kier molecular flexibility index (Phi) is 5.54. The van der Waals surface area contributed by atoms with E-state index in [1.807, 2.05) is 22.2 Å². The Morgan fingerprint density at radius 3 is 2.85 bits per heavy atom. The monoisotopic (exact) mass is 459 g/mol. The molecule has 0 saturated carbocycles. The zero-order chi connectivity index (χ0) is 23.2. The van der Waals surface area contributed by atoms with E-state index in [2.05, 4.69) is 40.4 Å². The van der Waals surface area contributed by atoms with Crippen LogP contribution in [0.25, 0.3) is 22.2 Å². The largest absolute Gasteiger partial charge is 0.380 e. The molecule has 5 heterocycles. The summed E-state index contributed by atoms with van der Waals surface area (Å²) in [4.78, 5) is 25.2. The molecule has 7 heteroatoms. The van der Waals surface area contributed by atoms with Gasteiger partial charge in [-0.05, 0) is 79.1 Å². The van der Waals surface area contributed by atoms with Crippen molar-refractivity contribution >= 4 is 17.1 Å². The predicted octanol–water partition coefficient (Wildman–Crippen LogP) is 4.16. The lowest BCUT2D eigenvalue weighted by molar-refractivity contribution is 0.104. The minimum atomic E-state index is 0.150. The topological polar surface area (TPSA) is 73.5 Å². The lowest BCUT2D eigenvalue weighted by Crippen LogP contribution is -2.45. The number of H-pyrrole nitrogens is 1. The maximum atomic E-state index is 13.3. The van der Waals surface area contributed by atoms with Gasteiger partial charge in [0.15, 0.2) is 0 Å². The molecule has 2 fully saturated rings. The highest BCUT2D eigenvalue weighted by atomic mass is 16.5. The Morgan fingerprint density at radius 2 is 2.06 bits per heavy atom. The molecule has 2 aromatic heterocycles. The smallest absolute Gasteiger partial charge is 0.320 e. The highest BCUT2D eigenvalue weighted by molar-refractivity contribution is 5.84. The first kappa shape index (κ1) is 21.6. The Labute approximate surface area is 200 Å². The summed E-state index contributed by atoms with van der Waals surface area (Å²) < 4.78 is 5.48. The van der Waals surface area contributed by atoms with Crippen LogP contribution in [0.4, 0.5) is 4.79 Å². The van der Waals surface area contributed by atoms with Gasteiger partial charge in [0.05, 0.1) is 6.10 Å². The van der Waals surface area contributed by atoms with Gasteiger partial charge in [-0.3, -0.25) is 0 Å². The van der Waals surface area contributed by atoms with Crippen LogP contribution in [0, 0.1) is 6.92 Å². The average molecular weight is 460 g/mol. The summed E-state index contributed by atoms with van der Waals surface area (Å²) in [5, 5.41) is 4.87. The Morgan fingerprint density at radius 1 is 1.15 bits per heavy atom. The molecule has 2 atom stereocenters. The number of pyridine rings is 1. The number of aromatic nitrogens is 2. The van der Waals surface area contributed by atoms with E-state index in [4.69, 9.17) is 4.74 Å². The van der Waals surface area contributed by atoms with Crippen molar-refractivity contribution in [2.75, 3.05) is 33.3 Å². The van der Waals surface area contributed by atoms with Crippen molar-refractivity contribution < 1.29 is 9.53 Å². The van der Waals surface area contributed by atoms with Crippen LogP contribution in [0.1, 0.15) is 47.6 Å². The third-order valence-electron chi connectivity index (χ3n) is 7.90. The van der Waals surface area contributed by atoms with Gasteiger partial charge in [-0.2, -0.15) is 0 Å². The molecule has 1 aromatic carbocycles. The van der Waals surface area contributed by atoms with Gasteiger partial charge in [0.2, 0.25) is 0 Å². The molecular weight excluding hydrogens is 426 g/mol. The standard InChI is InChI=1S/C27H33N5O2/c1-17-13-29-26-22(17)12-20(14-30-26)19-10-18-5-8-32(27(33)31-9-6-21(15-31)34-2)16-24(18)23(11-19)25-4-3-7-28-25/h10-14,21,25,28H,3-9,15-16H2,1-2H3,(H,29,30)/t21-,25-/m0/s1. The maximum absolute atomic E-state index is 13.3. The lowest BCUT2D eigenvalue weighted by atomic mass is 9.87. The van der Waals surface area contributed by atoms with Crippen LogP contribution in [0.5, 0.6) is 0 Å². The molecule has 2 amide bonds. The van der Waals surface area contributed by atoms with Gasteiger partial charge in [0.25, 0.3) is 0 Å². The first-order valence-electron chi connectivity index (χ1n) is 12.5. The molecule has 0 unspecified atom stereocenters.